The molecule has 8 heteroatoms. The van der Waals surface area contributed by atoms with Crippen molar-refractivity contribution in [3.8, 4) is 0 Å². The summed E-state index contributed by atoms with van der Waals surface area (Å²) in [5.74, 6) is 0.208. The highest BCUT2D eigenvalue weighted by Crippen LogP contribution is 2.48. The zero-order chi connectivity index (χ0) is 23.5. The van der Waals surface area contributed by atoms with E-state index in [1.54, 1.807) is 43.3 Å². The van der Waals surface area contributed by atoms with Crippen molar-refractivity contribution >= 4 is 33.2 Å². The molecule has 3 rings (SSSR count). The van der Waals surface area contributed by atoms with Crippen molar-refractivity contribution in [1.29, 1.82) is 0 Å². The molecule has 0 unspecified atom stereocenters. The molecule has 1 aliphatic carbocycles. The number of hydrogen-bond acceptors (Lipinski definition) is 4. The van der Waals surface area contributed by atoms with Crippen molar-refractivity contribution in [3.63, 3.8) is 0 Å². The fourth-order valence-corrected chi connectivity index (χ4v) is 4.93. The Morgan fingerprint density at radius 1 is 1.06 bits per heavy atom. The predicted molar refractivity (Wildman–Crippen MR) is 126 cm³/mol. The quantitative estimate of drug-likeness (QED) is 0.530. The Labute approximate surface area is 190 Å². The lowest BCUT2D eigenvalue weighted by Crippen LogP contribution is -2.35. The van der Waals surface area contributed by atoms with Crippen LogP contribution in [0.2, 0.25) is 0 Å². The van der Waals surface area contributed by atoms with Crippen LogP contribution >= 0.6 is 0 Å². The number of anilines is 2. The van der Waals surface area contributed by atoms with Crippen LogP contribution in [0.5, 0.6) is 0 Å². The number of sulfonamides is 1. The number of nitrogens with one attached hydrogen (secondary N) is 3. The molecule has 0 aliphatic heterocycles. The van der Waals surface area contributed by atoms with Crippen molar-refractivity contribution in [2.24, 2.45) is 5.92 Å². The van der Waals surface area contributed by atoms with Gasteiger partial charge < -0.3 is 10.6 Å². The van der Waals surface area contributed by atoms with E-state index in [0.29, 0.717) is 18.2 Å². The van der Waals surface area contributed by atoms with Gasteiger partial charge in [-0.25, -0.2) is 8.42 Å². The first kappa shape index (κ1) is 23.8. The fourth-order valence-electron chi connectivity index (χ4n) is 3.63. The van der Waals surface area contributed by atoms with Gasteiger partial charge in [0.05, 0.1) is 11.1 Å². The zero-order valence-corrected chi connectivity index (χ0v) is 19.8. The van der Waals surface area contributed by atoms with Crippen molar-refractivity contribution in [3.05, 3.63) is 53.6 Å². The molecule has 0 heterocycles. The summed E-state index contributed by atoms with van der Waals surface area (Å²) in [4.78, 5) is 24.2. The van der Waals surface area contributed by atoms with Gasteiger partial charge in [-0.15, -0.1) is 0 Å². The molecule has 0 spiro atoms. The molecule has 3 N–H and O–H groups in total. The molecule has 0 saturated heterocycles. The second-order valence-electron chi connectivity index (χ2n) is 8.88. The first-order valence-electron chi connectivity index (χ1n) is 10.8. The lowest BCUT2D eigenvalue weighted by atomic mass is 9.94. The summed E-state index contributed by atoms with van der Waals surface area (Å²) in [5, 5.41) is 5.60. The number of rotatable bonds is 9. The van der Waals surface area contributed by atoms with Crippen LogP contribution in [0.15, 0.2) is 47.4 Å². The minimum atomic E-state index is -3.93. The second-order valence-corrected chi connectivity index (χ2v) is 10.5. The van der Waals surface area contributed by atoms with Gasteiger partial charge in [-0.2, -0.15) is 0 Å². The maximum Gasteiger partial charge on any atom is 0.263 e. The van der Waals surface area contributed by atoms with Gasteiger partial charge >= 0.3 is 0 Å². The summed E-state index contributed by atoms with van der Waals surface area (Å²) in [6, 6.07) is 11.8. The van der Waals surface area contributed by atoms with E-state index >= 15 is 0 Å². The van der Waals surface area contributed by atoms with Crippen molar-refractivity contribution < 1.29 is 18.0 Å². The van der Waals surface area contributed by atoms with Gasteiger partial charge in [0.1, 0.15) is 4.90 Å². The van der Waals surface area contributed by atoms with Crippen molar-refractivity contribution in [2.45, 2.75) is 57.3 Å². The molecule has 2 amide bonds. The number of hydrogen-bond donors (Lipinski definition) is 3. The van der Waals surface area contributed by atoms with E-state index < -0.39 is 15.4 Å². The SMILES string of the molecule is CC(=O)Nc1ccc(C)cc1S(=O)(=O)Nc1ccc(C2(C(=O)NCCC(C)C)CC2)cc1. The highest BCUT2D eigenvalue weighted by molar-refractivity contribution is 7.92. The highest BCUT2D eigenvalue weighted by Gasteiger charge is 2.51. The third kappa shape index (κ3) is 5.48. The van der Waals surface area contributed by atoms with E-state index in [4.69, 9.17) is 0 Å². The van der Waals surface area contributed by atoms with Gasteiger partial charge in [0.25, 0.3) is 10.0 Å². The molecule has 2 aromatic carbocycles. The average Bonchev–Trinajstić information content (AvgIpc) is 3.51. The summed E-state index contributed by atoms with van der Waals surface area (Å²) in [5.41, 5.74) is 1.75. The number of amides is 2. The Bertz CT molecular complexity index is 1100. The first-order valence-corrected chi connectivity index (χ1v) is 12.3. The van der Waals surface area contributed by atoms with Crippen LogP contribution in [0.3, 0.4) is 0 Å². The molecule has 0 radical (unpaired) electrons. The van der Waals surface area contributed by atoms with Gasteiger partial charge in [-0.3, -0.25) is 14.3 Å². The molecule has 1 aliphatic rings. The number of carbonyl (C=O) groups excluding carboxylic acids is 2. The first-order chi connectivity index (χ1) is 15.0. The summed E-state index contributed by atoms with van der Waals surface area (Å²) in [7, 11) is -3.93. The lowest BCUT2D eigenvalue weighted by molar-refractivity contribution is -0.123. The Morgan fingerprint density at radius 3 is 2.28 bits per heavy atom. The normalized spacial score (nSPS) is 14.7. The van der Waals surface area contributed by atoms with Crippen molar-refractivity contribution in [1.82, 2.24) is 5.32 Å². The zero-order valence-electron chi connectivity index (χ0n) is 19.0. The van der Waals surface area contributed by atoms with Crippen LogP contribution in [0, 0.1) is 12.8 Å². The fraction of sp³-hybridized carbons (Fsp3) is 0.417. The Morgan fingerprint density at radius 2 is 1.72 bits per heavy atom. The summed E-state index contributed by atoms with van der Waals surface area (Å²) in [6.07, 6.45) is 2.51. The average molecular weight is 458 g/mol. The minimum absolute atomic E-state index is 0.0000278. The number of benzene rings is 2. The lowest BCUT2D eigenvalue weighted by Gasteiger charge is -2.17. The van der Waals surface area contributed by atoms with E-state index in [1.807, 2.05) is 0 Å². The maximum absolute atomic E-state index is 13.0. The highest BCUT2D eigenvalue weighted by atomic mass is 32.2. The van der Waals surface area contributed by atoms with Crippen LogP contribution in [-0.2, 0) is 25.0 Å². The van der Waals surface area contributed by atoms with E-state index in [-0.39, 0.29) is 22.4 Å². The molecule has 0 bridgehead atoms. The Balaban J connectivity index is 1.76. The largest absolute Gasteiger partial charge is 0.355 e. The molecule has 1 saturated carbocycles. The van der Waals surface area contributed by atoms with Gasteiger partial charge in [0.15, 0.2) is 0 Å². The molecular weight excluding hydrogens is 426 g/mol. The predicted octanol–water partition coefficient (Wildman–Crippen LogP) is 3.95. The summed E-state index contributed by atoms with van der Waals surface area (Å²) >= 11 is 0. The number of aryl methyl sites for hydroxylation is 1. The smallest absolute Gasteiger partial charge is 0.263 e. The third-order valence-corrected chi connectivity index (χ3v) is 7.04. The number of carbonyl (C=O) groups is 2. The van der Waals surface area contributed by atoms with Gasteiger partial charge in [-0.05, 0) is 67.5 Å². The van der Waals surface area contributed by atoms with E-state index in [1.165, 1.54) is 13.0 Å². The summed E-state index contributed by atoms with van der Waals surface area (Å²) in [6.45, 7) is 8.01. The van der Waals surface area contributed by atoms with Crippen LogP contribution in [0.25, 0.3) is 0 Å². The molecule has 32 heavy (non-hydrogen) atoms. The van der Waals surface area contributed by atoms with Crippen LogP contribution in [0.4, 0.5) is 11.4 Å². The van der Waals surface area contributed by atoms with Gasteiger partial charge in [0, 0.05) is 19.2 Å². The van der Waals surface area contributed by atoms with Crippen LogP contribution in [-0.4, -0.2) is 26.8 Å². The van der Waals surface area contributed by atoms with Gasteiger partial charge in [-0.1, -0.05) is 32.0 Å². The Hall–Kier alpha value is -2.87. The van der Waals surface area contributed by atoms with Crippen LogP contribution in [0.1, 0.15) is 51.2 Å². The molecule has 172 valence electrons. The topological polar surface area (TPSA) is 104 Å². The van der Waals surface area contributed by atoms with E-state index in [0.717, 1.165) is 30.4 Å². The second kappa shape index (κ2) is 9.32. The molecule has 0 aromatic heterocycles. The van der Waals surface area contributed by atoms with Crippen molar-refractivity contribution in [2.75, 3.05) is 16.6 Å². The summed E-state index contributed by atoms with van der Waals surface area (Å²) < 4.78 is 28.6. The molecule has 1 fully saturated rings. The molecule has 2 aromatic rings. The van der Waals surface area contributed by atoms with E-state index in [9.17, 15) is 18.0 Å². The van der Waals surface area contributed by atoms with E-state index in [2.05, 4.69) is 29.2 Å². The van der Waals surface area contributed by atoms with Gasteiger partial charge in [0.2, 0.25) is 11.8 Å². The standard InChI is InChI=1S/C24H31N3O4S/c1-16(2)11-14-25-23(29)24(12-13-24)19-6-8-20(9-7-19)27-32(30,31)22-15-17(3)5-10-21(22)26-18(4)28/h5-10,15-16,27H,11-14H2,1-4H3,(H,25,29)(H,26,28). The molecular formula is C24H31N3O4S. The van der Waals surface area contributed by atoms with Crippen LogP contribution < -0.4 is 15.4 Å². The minimum Gasteiger partial charge on any atom is -0.355 e. The Kier molecular flexibility index (Phi) is 6.93. The molecule has 7 nitrogen and oxygen atoms in total. The molecule has 0 atom stereocenters. The third-order valence-electron chi connectivity index (χ3n) is 5.62. The maximum atomic E-state index is 13.0. The monoisotopic (exact) mass is 457 g/mol.